The number of carbonyl (C=O) groups is 1. The highest BCUT2D eigenvalue weighted by Gasteiger charge is 2.24. The summed E-state index contributed by atoms with van der Waals surface area (Å²) in [4.78, 5) is 11.3. The second-order valence-electron chi connectivity index (χ2n) is 3.17. The summed E-state index contributed by atoms with van der Waals surface area (Å²) >= 11 is 0. The molecule has 0 fully saturated rings. The molecule has 1 aromatic rings. The predicted octanol–water partition coefficient (Wildman–Crippen LogP) is -0.00630. The van der Waals surface area contributed by atoms with Gasteiger partial charge < -0.3 is 21.5 Å². The molecule has 0 saturated heterocycles. The van der Waals surface area contributed by atoms with Gasteiger partial charge in [-0.15, -0.1) is 0 Å². The van der Waals surface area contributed by atoms with E-state index in [0.717, 1.165) is 5.69 Å². The van der Waals surface area contributed by atoms with Crippen LogP contribution in [0.4, 0.5) is 17.1 Å². The van der Waals surface area contributed by atoms with Crippen LogP contribution in [-0.2, 0) is 4.79 Å². The fraction of sp³-hybridized carbons (Fsp3) is 0.222. The summed E-state index contributed by atoms with van der Waals surface area (Å²) < 4.78 is 0. The molecule has 5 heteroatoms. The summed E-state index contributed by atoms with van der Waals surface area (Å²) in [6.45, 7) is -0.227. The number of nitrogens with two attached hydrogens (primary N) is 1. The molecule has 1 aromatic carbocycles. The normalized spacial score (nSPS) is 19.5. The quantitative estimate of drug-likeness (QED) is 0.472. The first kappa shape index (κ1) is 8.83. The van der Waals surface area contributed by atoms with Crippen molar-refractivity contribution in [3.05, 3.63) is 18.2 Å². The first-order chi connectivity index (χ1) is 6.70. The molecule has 5 nitrogen and oxygen atoms in total. The number of aliphatic hydroxyl groups is 1. The van der Waals surface area contributed by atoms with Crippen LogP contribution in [0.25, 0.3) is 0 Å². The van der Waals surface area contributed by atoms with E-state index in [-0.39, 0.29) is 12.5 Å². The SMILES string of the molecule is Nc1ccc2c(c1)NC(=O)C(CO)N2. The van der Waals surface area contributed by atoms with Crippen molar-refractivity contribution >= 4 is 23.0 Å². The molecule has 0 aromatic heterocycles. The second-order valence-corrected chi connectivity index (χ2v) is 3.17. The topological polar surface area (TPSA) is 87.4 Å². The van der Waals surface area contributed by atoms with Crippen molar-refractivity contribution in [2.24, 2.45) is 0 Å². The summed E-state index contributed by atoms with van der Waals surface area (Å²) in [5.74, 6) is -0.245. The van der Waals surface area contributed by atoms with Gasteiger partial charge >= 0.3 is 0 Å². The third-order valence-corrected chi connectivity index (χ3v) is 2.13. The molecule has 74 valence electrons. The molecule has 0 bridgehead atoms. The van der Waals surface area contributed by atoms with E-state index in [1.807, 2.05) is 0 Å². The van der Waals surface area contributed by atoms with Gasteiger partial charge in [-0.25, -0.2) is 0 Å². The number of hydrogen-bond acceptors (Lipinski definition) is 4. The first-order valence-corrected chi connectivity index (χ1v) is 4.28. The lowest BCUT2D eigenvalue weighted by atomic mass is 10.1. The van der Waals surface area contributed by atoms with E-state index in [4.69, 9.17) is 10.8 Å². The Bertz CT molecular complexity index is 378. The molecule has 0 saturated carbocycles. The van der Waals surface area contributed by atoms with Gasteiger partial charge in [-0.05, 0) is 18.2 Å². The summed E-state index contributed by atoms with van der Waals surface area (Å²) in [7, 11) is 0. The van der Waals surface area contributed by atoms with Crippen LogP contribution in [0.15, 0.2) is 18.2 Å². The van der Waals surface area contributed by atoms with Crippen LogP contribution >= 0.6 is 0 Å². The number of nitrogens with one attached hydrogen (secondary N) is 2. The van der Waals surface area contributed by atoms with Gasteiger partial charge in [0.05, 0.1) is 18.0 Å². The Labute approximate surface area is 80.9 Å². The lowest BCUT2D eigenvalue weighted by molar-refractivity contribution is -0.117. The van der Waals surface area contributed by atoms with Gasteiger partial charge in [-0.1, -0.05) is 0 Å². The molecular weight excluding hydrogens is 182 g/mol. The number of hydrogen-bond donors (Lipinski definition) is 4. The zero-order chi connectivity index (χ0) is 10.1. The average molecular weight is 193 g/mol. The van der Waals surface area contributed by atoms with E-state index in [1.165, 1.54) is 0 Å². The number of fused-ring (bicyclic) bond motifs is 1. The van der Waals surface area contributed by atoms with Crippen LogP contribution in [0.5, 0.6) is 0 Å². The van der Waals surface area contributed by atoms with Gasteiger partial charge in [0.2, 0.25) is 5.91 Å². The summed E-state index contributed by atoms with van der Waals surface area (Å²) in [5.41, 5.74) is 7.59. The smallest absolute Gasteiger partial charge is 0.249 e. The number of aliphatic hydroxyl groups excluding tert-OH is 1. The maximum Gasteiger partial charge on any atom is 0.249 e. The summed E-state index contributed by atoms with van der Waals surface area (Å²) in [6.07, 6.45) is 0. The highest BCUT2D eigenvalue weighted by molar-refractivity contribution is 6.03. The monoisotopic (exact) mass is 193 g/mol. The Kier molecular flexibility index (Phi) is 2.01. The summed E-state index contributed by atoms with van der Waals surface area (Å²) in [5, 5.41) is 14.5. The van der Waals surface area contributed by atoms with Crippen molar-refractivity contribution < 1.29 is 9.90 Å². The first-order valence-electron chi connectivity index (χ1n) is 4.28. The van der Waals surface area contributed by atoms with E-state index in [1.54, 1.807) is 18.2 Å². The Hall–Kier alpha value is -1.75. The molecule has 1 amide bonds. The Morgan fingerprint density at radius 2 is 2.21 bits per heavy atom. The van der Waals surface area contributed by atoms with Gasteiger partial charge in [0.15, 0.2) is 0 Å². The van der Waals surface area contributed by atoms with E-state index < -0.39 is 6.04 Å². The van der Waals surface area contributed by atoms with E-state index >= 15 is 0 Å². The van der Waals surface area contributed by atoms with Crippen LogP contribution in [0.3, 0.4) is 0 Å². The van der Waals surface area contributed by atoms with Gasteiger partial charge in [0, 0.05) is 5.69 Å². The lowest BCUT2D eigenvalue weighted by Crippen LogP contribution is -2.41. The molecule has 0 spiro atoms. The van der Waals surface area contributed by atoms with E-state index in [0.29, 0.717) is 11.4 Å². The number of amides is 1. The number of rotatable bonds is 1. The number of benzene rings is 1. The highest BCUT2D eigenvalue weighted by atomic mass is 16.3. The number of carbonyl (C=O) groups excluding carboxylic acids is 1. The maximum absolute atomic E-state index is 11.3. The zero-order valence-electron chi connectivity index (χ0n) is 7.45. The Balaban J connectivity index is 2.35. The van der Waals surface area contributed by atoms with Gasteiger partial charge in [0.1, 0.15) is 6.04 Å². The molecule has 1 aliphatic heterocycles. The van der Waals surface area contributed by atoms with Crippen LogP contribution in [0.2, 0.25) is 0 Å². The van der Waals surface area contributed by atoms with Gasteiger partial charge in [-0.3, -0.25) is 4.79 Å². The molecule has 0 radical (unpaired) electrons. The largest absolute Gasteiger partial charge is 0.399 e. The highest BCUT2D eigenvalue weighted by Crippen LogP contribution is 2.28. The molecule has 14 heavy (non-hydrogen) atoms. The molecule has 1 atom stereocenters. The molecular formula is C9H11N3O2. The molecule has 1 aliphatic rings. The van der Waals surface area contributed by atoms with Crippen molar-refractivity contribution in [3.8, 4) is 0 Å². The van der Waals surface area contributed by atoms with Crippen molar-refractivity contribution in [2.75, 3.05) is 23.0 Å². The molecule has 1 unspecified atom stereocenters. The zero-order valence-corrected chi connectivity index (χ0v) is 7.45. The molecule has 0 aliphatic carbocycles. The second kappa shape index (κ2) is 3.19. The van der Waals surface area contributed by atoms with Crippen molar-refractivity contribution in [3.63, 3.8) is 0 Å². The third-order valence-electron chi connectivity index (χ3n) is 2.13. The van der Waals surface area contributed by atoms with Crippen LogP contribution in [-0.4, -0.2) is 23.7 Å². The van der Waals surface area contributed by atoms with Crippen LogP contribution in [0, 0.1) is 0 Å². The Morgan fingerprint density at radius 3 is 2.93 bits per heavy atom. The van der Waals surface area contributed by atoms with Crippen molar-refractivity contribution in [1.82, 2.24) is 0 Å². The predicted molar refractivity (Wildman–Crippen MR) is 54.0 cm³/mol. The average Bonchev–Trinajstić information content (AvgIpc) is 2.16. The Morgan fingerprint density at radius 1 is 1.43 bits per heavy atom. The molecule has 1 heterocycles. The minimum atomic E-state index is -0.578. The minimum Gasteiger partial charge on any atom is -0.399 e. The lowest BCUT2D eigenvalue weighted by Gasteiger charge is -2.25. The van der Waals surface area contributed by atoms with E-state index in [9.17, 15) is 4.79 Å². The van der Waals surface area contributed by atoms with Gasteiger partial charge in [-0.2, -0.15) is 0 Å². The van der Waals surface area contributed by atoms with Crippen LogP contribution in [0.1, 0.15) is 0 Å². The number of nitrogen functional groups attached to an aromatic ring is 1. The van der Waals surface area contributed by atoms with Crippen molar-refractivity contribution in [1.29, 1.82) is 0 Å². The van der Waals surface area contributed by atoms with Gasteiger partial charge in [0.25, 0.3) is 0 Å². The summed E-state index contributed by atoms with van der Waals surface area (Å²) in [6, 6.07) is 4.60. The number of anilines is 3. The molecule has 5 N–H and O–H groups in total. The fourth-order valence-corrected chi connectivity index (χ4v) is 1.39. The van der Waals surface area contributed by atoms with Crippen molar-refractivity contribution in [2.45, 2.75) is 6.04 Å². The minimum absolute atomic E-state index is 0.227. The standard InChI is InChI=1S/C9H11N3O2/c10-5-1-2-6-7(3-5)12-9(14)8(4-13)11-6/h1-3,8,11,13H,4,10H2,(H,12,14). The third kappa shape index (κ3) is 1.38. The van der Waals surface area contributed by atoms with Crippen LogP contribution < -0.4 is 16.4 Å². The fourth-order valence-electron chi connectivity index (χ4n) is 1.39. The van der Waals surface area contributed by atoms with E-state index in [2.05, 4.69) is 10.6 Å². The maximum atomic E-state index is 11.3. The molecule has 2 rings (SSSR count).